The smallest absolute Gasteiger partial charge is 0.169 e. The largest absolute Gasteiger partial charge is 0.397 e. The highest BCUT2D eigenvalue weighted by atomic mass is 35.5. The van der Waals surface area contributed by atoms with Crippen molar-refractivity contribution in [2.45, 2.75) is 39.2 Å². The predicted octanol–water partition coefficient (Wildman–Crippen LogP) is 3.88. The van der Waals surface area contributed by atoms with Crippen molar-refractivity contribution in [3.8, 4) is 0 Å². The first-order valence-corrected chi connectivity index (χ1v) is 7.05. The average molecular weight is 286 g/mol. The molecule has 0 aromatic heterocycles. The van der Waals surface area contributed by atoms with Crippen LogP contribution in [-0.2, 0) is 0 Å². The normalized spacial score (nSPS) is 27.3. The van der Waals surface area contributed by atoms with Crippen LogP contribution in [0.2, 0.25) is 5.02 Å². The van der Waals surface area contributed by atoms with Crippen LogP contribution < -0.4 is 16.8 Å². The van der Waals surface area contributed by atoms with Gasteiger partial charge >= 0.3 is 0 Å². The van der Waals surface area contributed by atoms with Crippen molar-refractivity contribution in [1.82, 2.24) is 0 Å². The summed E-state index contributed by atoms with van der Waals surface area (Å²) in [6, 6.07) is 1.74. The Labute approximate surface area is 118 Å². The molecule has 19 heavy (non-hydrogen) atoms. The summed E-state index contributed by atoms with van der Waals surface area (Å²) in [7, 11) is 0. The fourth-order valence-electron chi connectivity index (χ4n) is 3.08. The zero-order chi connectivity index (χ0) is 14.2. The molecule has 1 aliphatic carbocycles. The van der Waals surface area contributed by atoms with Gasteiger partial charge in [0.1, 0.15) is 5.02 Å². The van der Waals surface area contributed by atoms with Crippen LogP contribution in [-0.4, -0.2) is 6.04 Å². The third kappa shape index (κ3) is 3.06. The molecular formula is C14H21ClFN3. The molecular weight excluding hydrogens is 265 g/mol. The van der Waals surface area contributed by atoms with Gasteiger partial charge in [0.25, 0.3) is 0 Å². The average Bonchev–Trinajstić information content (AvgIpc) is 2.31. The molecule has 106 valence electrons. The van der Waals surface area contributed by atoms with E-state index in [2.05, 4.69) is 19.2 Å². The molecule has 0 aliphatic heterocycles. The van der Waals surface area contributed by atoms with Crippen LogP contribution >= 0.6 is 11.6 Å². The molecule has 0 saturated heterocycles. The maximum atomic E-state index is 14.1. The number of hydrogen-bond donors (Lipinski definition) is 3. The van der Waals surface area contributed by atoms with Gasteiger partial charge in [-0.15, -0.1) is 0 Å². The molecule has 2 atom stereocenters. The molecule has 0 radical (unpaired) electrons. The minimum atomic E-state index is -0.551. The second-order valence-corrected chi connectivity index (χ2v) is 6.19. The first kappa shape index (κ1) is 14.3. The summed E-state index contributed by atoms with van der Waals surface area (Å²) in [5, 5.41) is 3.14. The minimum absolute atomic E-state index is 0.0615. The van der Waals surface area contributed by atoms with Crippen molar-refractivity contribution in [2.24, 2.45) is 11.8 Å². The van der Waals surface area contributed by atoms with E-state index in [1.54, 1.807) is 0 Å². The van der Waals surface area contributed by atoms with Crippen molar-refractivity contribution in [3.05, 3.63) is 16.9 Å². The Kier molecular flexibility index (Phi) is 4.09. The fraction of sp³-hybridized carbons (Fsp3) is 0.571. The summed E-state index contributed by atoms with van der Waals surface area (Å²) < 4.78 is 14.1. The van der Waals surface area contributed by atoms with Crippen molar-refractivity contribution in [1.29, 1.82) is 0 Å². The van der Waals surface area contributed by atoms with Gasteiger partial charge in [-0.3, -0.25) is 0 Å². The third-order valence-electron chi connectivity index (χ3n) is 3.79. The molecule has 1 aromatic carbocycles. The van der Waals surface area contributed by atoms with E-state index >= 15 is 0 Å². The van der Waals surface area contributed by atoms with Crippen molar-refractivity contribution in [2.75, 3.05) is 16.8 Å². The molecule has 3 nitrogen and oxygen atoms in total. The lowest BCUT2D eigenvalue weighted by molar-refractivity contribution is 0.280. The summed E-state index contributed by atoms with van der Waals surface area (Å²) in [5.41, 5.74) is 12.2. The molecule has 0 amide bonds. The van der Waals surface area contributed by atoms with Crippen LogP contribution in [0.5, 0.6) is 0 Å². The maximum absolute atomic E-state index is 14.1. The first-order valence-electron chi connectivity index (χ1n) is 6.68. The highest BCUT2D eigenvalue weighted by Gasteiger charge is 2.25. The molecule has 2 unspecified atom stereocenters. The molecule has 5 N–H and O–H groups in total. The second-order valence-electron chi connectivity index (χ2n) is 5.82. The van der Waals surface area contributed by atoms with Gasteiger partial charge in [0.2, 0.25) is 0 Å². The summed E-state index contributed by atoms with van der Waals surface area (Å²) in [6.07, 6.45) is 3.26. The number of anilines is 3. The lowest BCUT2D eigenvalue weighted by atomic mass is 9.80. The standard InChI is InChI=1S/C14H21ClFN3/c1-7-3-8(2)5-9(4-7)19-14-11(18)6-10(17)12(15)13(14)16/h6-9,19H,3-5,17-18H2,1-2H3. The van der Waals surface area contributed by atoms with E-state index in [-0.39, 0.29) is 22.4 Å². The Bertz CT molecular complexity index is 468. The number of halogens is 2. The number of nitrogens with two attached hydrogens (primary N) is 2. The van der Waals surface area contributed by atoms with Gasteiger partial charge in [-0.1, -0.05) is 25.4 Å². The molecule has 0 bridgehead atoms. The number of hydrogen-bond acceptors (Lipinski definition) is 3. The van der Waals surface area contributed by atoms with Crippen LogP contribution in [0.4, 0.5) is 21.5 Å². The van der Waals surface area contributed by atoms with E-state index in [4.69, 9.17) is 23.1 Å². The molecule has 2 rings (SSSR count). The quantitative estimate of drug-likeness (QED) is 0.723. The van der Waals surface area contributed by atoms with Gasteiger partial charge in [0.05, 0.1) is 17.1 Å². The van der Waals surface area contributed by atoms with Crippen molar-refractivity contribution < 1.29 is 4.39 Å². The Morgan fingerprint density at radius 1 is 1.16 bits per heavy atom. The van der Waals surface area contributed by atoms with E-state index in [0.29, 0.717) is 17.5 Å². The maximum Gasteiger partial charge on any atom is 0.169 e. The SMILES string of the molecule is CC1CC(C)CC(Nc2c(N)cc(N)c(Cl)c2F)C1. The Morgan fingerprint density at radius 2 is 1.74 bits per heavy atom. The van der Waals surface area contributed by atoms with Gasteiger partial charge in [-0.25, -0.2) is 4.39 Å². The van der Waals surface area contributed by atoms with Gasteiger partial charge in [0, 0.05) is 6.04 Å². The van der Waals surface area contributed by atoms with Crippen molar-refractivity contribution >= 4 is 28.7 Å². The van der Waals surface area contributed by atoms with Crippen LogP contribution in [0.1, 0.15) is 33.1 Å². The van der Waals surface area contributed by atoms with Crippen LogP contribution in [0, 0.1) is 17.7 Å². The lowest BCUT2D eigenvalue weighted by Gasteiger charge is -2.33. The second kappa shape index (κ2) is 5.45. The summed E-state index contributed by atoms with van der Waals surface area (Å²) in [4.78, 5) is 0. The molecule has 1 aliphatic rings. The van der Waals surface area contributed by atoms with Crippen LogP contribution in [0.15, 0.2) is 6.07 Å². The summed E-state index contributed by atoms with van der Waals surface area (Å²) in [6.45, 7) is 4.44. The molecule has 1 fully saturated rings. The number of nitrogens with one attached hydrogen (secondary N) is 1. The highest BCUT2D eigenvalue weighted by Crippen LogP contribution is 2.37. The fourth-order valence-corrected chi connectivity index (χ4v) is 3.23. The van der Waals surface area contributed by atoms with E-state index in [9.17, 15) is 4.39 Å². The molecule has 0 spiro atoms. The van der Waals surface area contributed by atoms with Crippen molar-refractivity contribution in [3.63, 3.8) is 0 Å². The van der Waals surface area contributed by atoms with Gasteiger partial charge < -0.3 is 16.8 Å². The van der Waals surface area contributed by atoms with Crippen LogP contribution in [0.25, 0.3) is 0 Å². The molecule has 1 aromatic rings. The van der Waals surface area contributed by atoms with Gasteiger partial charge in [-0.05, 0) is 37.2 Å². The predicted molar refractivity (Wildman–Crippen MR) is 79.8 cm³/mol. The topological polar surface area (TPSA) is 64.1 Å². The van der Waals surface area contributed by atoms with E-state index in [0.717, 1.165) is 12.8 Å². The number of rotatable bonds is 2. The molecule has 5 heteroatoms. The zero-order valence-corrected chi connectivity index (χ0v) is 12.1. The van der Waals surface area contributed by atoms with E-state index in [1.807, 2.05) is 0 Å². The monoisotopic (exact) mass is 285 g/mol. The number of nitrogen functional groups attached to an aromatic ring is 2. The van der Waals surface area contributed by atoms with E-state index in [1.165, 1.54) is 12.5 Å². The van der Waals surface area contributed by atoms with Crippen LogP contribution in [0.3, 0.4) is 0 Å². The van der Waals surface area contributed by atoms with Gasteiger partial charge in [0.15, 0.2) is 5.82 Å². The van der Waals surface area contributed by atoms with Gasteiger partial charge in [-0.2, -0.15) is 0 Å². The summed E-state index contributed by atoms with van der Waals surface area (Å²) in [5.74, 6) is 0.717. The Hall–Kier alpha value is -1.16. The highest BCUT2D eigenvalue weighted by molar-refractivity contribution is 6.33. The Morgan fingerprint density at radius 3 is 2.32 bits per heavy atom. The molecule has 0 heterocycles. The molecule has 1 saturated carbocycles. The zero-order valence-electron chi connectivity index (χ0n) is 11.3. The van der Waals surface area contributed by atoms with E-state index < -0.39 is 5.82 Å². The first-order chi connectivity index (χ1) is 8.88. The summed E-state index contributed by atoms with van der Waals surface area (Å²) >= 11 is 5.83. The lowest BCUT2D eigenvalue weighted by Crippen LogP contribution is -2.30. The number of benzene rings is 1. The minimum Gasteiger partial charge on any atom is -0.397 e. The third-order valence-corrected chi connectivity index (χ3v) is 4.18. The Balaban J connectivity index is 2.21.